The number of rotatable bonds is 3. The highest BCUT2D eigenvalue weighted by Gasteiger charge is 2.30. The minimum Gasteiger partial charge on any atom is -0.502 e. The van der Waals surface area contributed by atoms with Gasteiger partial charge in [-0.2, -0.15) is 0 Å². The van der Waals surface area contributed by atoms with Gasteiger partial charge in [0.2, 0.25) is 17.1 Å². The average molecular weight is 377 g/mol. The Morgan fingerprint density at radius 1 is 1.08 bits per heavy atom. The first kappa shape index (κ1) is 17.6. The van der Waals surface area contributed by atoms with E-state index >= 15 is 0 Å². The highest BCUT2D eigenvalue weighted by molar-refractivity contribution is 6.30. The molecule has 0 amide bonds. The highest BCUT2D eigenvalue weighted by Crippen LogP contribution is 2.37. The van der Waals surface area contributed by atoms with E-state index < -0.39 is 34.2 Å². The van der Waals surface area contributed by atoms with Crippen molar-refractivity contribution in [2.75, 3.05) is 0 Å². The molecule has 0 aliphatic rings. The number of hydrogen-bond acceptors (Lipinski definition) is 6. The molecule has 0 spiro atoms. The fourth-order valence-corrected chi connectivity index (χ4v) is 2.80. The first-order valence-electron chi connectivity index (χ1n) is 7.42. The summed E-state index contributed by atoms with van der Waals surface area (Å²) in [6, 6.07) is 7.24. The van der Waals surface area contributed by atoms with Gasteiger partial charge in [-0.1, -0.05) is 23.7 Å². The molecule has 1 atom stereocenters. The van der Waals surface area contributed by atoms with Gasteiger partial charge in [-0.15, -0.1) is 0 Å². The smallest absolute Gasteiger partial charge is 0.328 e. The Labute approximate surface area is 150 Å². The van der Waals surface area contributed by atoms with Crippen LogP contribution in [0.1, 0.15) is 28.6 Å². The van der Waals surface area contributed by atoms with Crippen LogP contribution in [0.15, 0.2) is 49.1 Å². The lowest BCUT2D eigenvalue weighted by atomic mass is 9.89. The SMILES string of the molecule is Cc1cc(=O)c(O)c(C(c2ccc(Cl)cc2)c2c(O)[nH]c(=O)[nH]c2=O)o1. The van der Waals surface area contributed by atoms with E-state index in [1.54, 1.807) is 12.1 Å². The van der Waals surface area contributed by atoms with E-state index in [-0.39, 0.29) is 17.1 Å². The van der Waals surface area contributed by atoms with Gasteiger partial charge in [-0.3, -0.25) is 19.6 Å². The Morgan fingerprint density at radius 3 is 2.35 bits per heavy atom. The summed E-state index contributed by atoms with van der Waals surface area (Å²) < 4.78 is 5.49. The van der Waals surface area contributed by atoms with Crippen LogP contribution in [0, 0.1) is 6.92 Å². The van der Waals surface area contributed by atoms with Crippen LogP contribution in [0.4, 0.5) is 0 Å². The minimum absolute atomic E-state index is 0.196. The number of nitrogens with one attached hydrogen (secondary N) is 2. The molecule has 0 aliphatic heterocycles. The largest absolute Gasteiger partial charge is 0.502 e. The average Bonchev–Trinajstić information content (AvgIpc) is 2.55. The van der Waals surface area contributed by atoms with Crippen LogP contribution in [-0.2, 0) is 0 Å². The molecule has 134 valence electrons. The summed E-state index contributed by atoms with van der Waals surface area (Å²) in [5, 5.41) is 20.8. The quantitative estimate of drug-likeness (QED) is 0.547. The molecule has 26 heavy (non-hydrogen) atoms. The number of hydrogen-bond donors (Lipinski definition) is 4. The van der Waals surface area contributed by atoms with Gasteiger partial charge in [0.05, 0.1) is 11.5 Å². The number of benzene rings is 1. The molecule has 0 saturated carbocycles. The second-order valence-corrected chi connectivity index (χ2v) is 6.03. The third kappa shape index (κ3) is 3.14. The van der Waals surface area contributed by atoms with Crippen LogP contribution in [0.2, 0.25) is 5.02 Å². The van der Waals surface area contributed by atoms with E-state index in [0.717, 1.165) is 6.07 Å². The number of halogens is 1. The molecular formula is C17H13ClN2O6. The summed E-state index contributed by atoms with van der Waals surface area (Å²) in [6.45, 7) is 1.50. The van der Waals surface area contributed by atoms with Crippen LogP contribution in [-0.4, -0.2) is 20.2 Å². The molecule has 4 N–H and O–H groups in total. The van der Waals surface area contributed by atoms with Crippen molar-refractivity contribution >= 4 is 11.6 Å². The molecule has 0 fully saturated rings. The Hall–Kier alpha value is -3.26. The maximum atomic E-state index is 12.3. The van der Waals surface area contributed by atoms with Crippen molar-refractivity contribution in [2.24, 2.45) is 0 Å². The predicted molar refractivity (Wildman–Crippen MR) is 93.1 cm³/mol. The minimum atomic E-state index is -1.17. The molecule has 0 saturated heterocycles. The Morgan fingerprint density at radius 2 is 1.73 bits per heavy atom. The van der Waals surface area contributed by atoms with E-state index in [1.807, 2.05) is 4.98 Å². The normalized spacial score (nSPS) is 12.1. The van der Waals surface area contributed by atoms with Gasteiger partial charge in [-0.25, -0.2) is 4.79 Å². The maximum Gasteiger partial charge on any atom is 0.328 e. The third-order valence-corrected chi connectivity index (χ3v) is 4.04. The van der Waals surface area contributed by atoms with Crippen molar-refractivity contribution in [1.29, 1.82) is 0 Å². The zero-order chi connectivity index (χ0) is 19.0. The molecule has 3 aromatic rings. The molecule has 2 heterocycles. The predicted octanol–water partition coefficient (Wildman–Crippen LogP) is 1.57. The second-order valence-electron chi connectivity index (χ2n) is 5.59. The van der Waals surface area contributed by atoms with Gasteiger partial charge >= 0.3 is 5.69 Å². The van der Waals surface area contributed by atoms with Crippen LogP contribution in [0.25, 0.3) is 0 Å². The molecule has 8 nitrogen and oxygen atoms in total. The Bertz CT molecular complexity index is 1140. The second kappa shape index (κ2) is 6.57. The molecule has 2 aromatic heterocycles. The van der Waals surface area contributed by atoms with Crippen molar-refractivity contribution in [3.8, 4) is 11.6 Å². The third-order valence-electron chi connectivity index (χ3n) is 3.79. The number of aryl methyl sites for hydroxylation is 1. The molecule has 0 bridgehead atoms. The number of aromatic nitrogens is 2. The van der Waals surface area contributed by atoms with Crippen LogP contribution >= 0.6 is 11.6 Å². The topological polar surface area (TPSA) is 136 Å². The van der Waals surface area contributed by atoms with Gasteiger partial charge in [0.1, 0.15) is 5.76 Å². The highest BCUT2D eigenvalue weighted by atomic mass is 35.5. The molecule has 0 aliphatic carbocycles. The summed E-state index contributed by atoms with van der Waals surface area (Å²) in [5.74, 6) is -2.63. The van der Waals surface area contributed by atoms with Crippen molar-refractivity contribution in [3.05, 3.63) is 89.1 Å². The van der Waals surface area contributed by atoms with Crippen LogP contribution < -0.4 is 16.7 Å². The van der Waals surface area contributed by atoms with Crippen molar-refractivity contribution < 1.29 is 14.6 Å². The zero-order valence-electron chi connectivity index (χ0n) is 13.4. The number of aromatic amines is 2. The van der Waals surface area contributed by atoms with Crippen LogP contribution in [0.3, 0.4) is 0 Å². The van der Waals surface area contributed by atoms with E-state index in [4.69, 9.17) is 16.0 Å². The van der Waals surface area contributed by atoms with Crippen LogP contribution in [0.5, 0.6) is 11.6 Å². The molecular weight excluding hydrogens is 364 g/mol. The summed E-state index contributed by atoms with van der Waals surface area (Å²) in [4.78, 5) is 39.8. The first-order chi connectivity index (χ1) is 12.3. The molecule has 1 aromatic carbocycles. The molecule has 1 unspecified atom stereocenters. The zero-order valence-corrected chi connectivity index (χ0v) is 14.1. The van der Waals surface area contributed by atoms with Gasteiger partial charge in [0.25, 0.3) is 5.56 Å². The van der Waals surface area contributed by atoms with Gasteiger partial charge < -0.3 is 14.6 Å². The van der Waals surface area contributed by atoms with Crippen molar-refractivity contribution in [1.82, 2.24) is 9.97 Å². The Kier molecular flexibility index (Phi) is 4.43. The van der Waals surface area contributed by atoms with Gasteiger partial charge in [0, 0.05) is 11.1 Å². The van der Waals surface area contributed by atoms with E-state index in [1.165, 1.54) is 19.1 Å². The first-order valence-corrected chi connectivity index (χ1v) is 7.80. The number of aromatic hydroxyl groups is 2. The lowest BCUT2D eigenvalue weighted by Crippen LogP contribution is -2.27. The summed E-state index contributed by atoms with van der Waals surface area (Å²) in [5.41, 5.74) is -2.40. The standard InChI is InChI=1S/C17H13ClN2O6/c1-7-6-10(21)13(22)14(26-7)11(8-2-4-9(18)5-3-8)12-15(23)19-17(25)20-16(12)24/h2-6,11,22H,1H3,(H3,19,20,23,24,25). The van der Waals surface area contributed by atoms with Gasteiger partial charge in [-0.05, 0) is 24.6 Å². The van der Waals surface area contributed by atoms with Gasteiger partial charge in [0.15, 0.2) is 5.76 Å². The van der Waals surface area contributed by atoms with E-state index in [9.17, 15) is 24.6 Å². The Balaban J connectivity index is 2.39. The molecule has 9 heteroatoms. The summed E-state index contributed by atoms with van der Waals surface area (Å²) in [7, 11) is 0. The fourth-order valence-electron chi connectivity index (χ4n) is 2.68. The van der Waals surface area contributed by atoms with Crippen molar-refractivity contribution in [3.63, 3.8) is 0 Å². The van der Waals surface area contributed by atoms with E-state index in [2.05, 4.69) is 4.98 Å². The van der Waals surface area contributed by atoms with E-state index in [0.29, 0.717) is 10.6 Å². The number of H-pyrrole nitrogens is 2. The monoisotopic (exact) mass is 376 g/mol. The lowest BCUT2D eigenvalue weighted by molar-refractivity contribution is 0.378. The maximum absolute atomic E-state index is 12.3. The fraction of sp³-hybridized carbons (Fsp3) is 0.118. The lowest BCUT2D eigenvalue weighted by Gasteiger charge is -2.18. The summed E-state index contributed by atoms with van der Waals surface area (Å²) in [6.07, 6.45) is 0. The summed E-state index contributed by atoms with van der Waals surface area (Å²) >= 11 is 5.89. The molecule has 0 radical (unpaired) electrons. The van der Waals surface area contributed by atoms with Crippen molar-refractivity contribution in [2.45, 2.75) is 12.8 Å². The molecule has 3 rings (SSSR count).